The van der Waals surface area contributed by atoms with Crippen LogP contribution in [0.15, 0.2) is 52.9 Å². The van der Waals surface area contributed by atoms with Crippen LogP contribution in [0.1, 0.15) is 41.1 Å². The standard InChI is InChI=1S/C23H19F3N2O3/c1-23(2)18-5-3-14(21(29)27-11-17-4-6-20(26)31-17)9-19(18)28(22(23)30)12-13-7-15(24)10-16(25)8-13/h3-10H,11-12H2,1-2H3,(H,27,29). The maximum atomic E-state index is 13.6. The summed E-state index contributed by atoms with van der Waals surface area (Å²) in [6.07, 6.45) is 0. The van der Waals surface area contributed by atoms with Gasteiger partial charge in [-0.1, -0.05) is 6.07 Å². The van der Waals surface area contributed by atoms with Crippen molar-refractivity contribution < 1.29 is 27.2 Å². The topological polar surface area (TPSA) is 62.6 Å². The van der Waals surface area contributed by atoms with Gasteiger partial charge in [0.25, 0.3) is 11.9 Å². The molecule has 0 saturated carbocycles. The summed E-state index contributed by atoms with van der Waals surface area (Å²) in [4.78, 5) is 27.0. The maximum absolute atomic E-state index is 13.6. The molecular weight excluding hydrogens is 409 g/mol. The highest BCUT2D eigenvalue weighted by Crippen LogP contribution is 2.42. The van der Waals surface area contributed by atoms with Gasteiger partial charge in [-0.2, -0.15) is 4.39 Å². The lowest BCUT2D eigenvalue weighted by molar-refractivity contribution is -0.122. The SMILES string of the molecule is CC1(C)C(=O)N(Cc2cc(F)cc(F)c2)c2cc(C(=O)NCc3ccc(F)o3)ccc21. The number of fused-ring (bicyclic) bond motifs is 1. The number of hydrogen-bond acceptors (Lipinski definition) is 3. The van der Waals surface area contributed by atoms with E-state index in [9.17, 15) is 22.8 Å². The first-order valence-corrected chi connectivity index (χ1v) is 9.59. The lowest BCUT2D eigenvalue weighted by atomic mass is 9.86. The quantitative estimate of drug-likeness (QED) is 0.653. The molecule has 0 atom stereocenters. The van der Waals surface area contributed by atoms with Crippen LogP contribution in [0.2, 0.25) is 0 Å². The van der Waals surface area contributed by atoms with Crippen LogP contribution in [0.3, 0.4) is 0 Å². The number of carbonyl (C=O) groups is 2. The van der Waals surface area contributed by atoms with Gasteiger partial charge in [-0.05, 0) is 55.3 Å². The normalized spacial score (nSPS) is 14.6. The first-order valence-electron chi connectivity index (χ1n) is 9.59. The summed E-state index contributed by atoms with van der Waals surface area (Å²) >= 11 is 0. The summed E-state index contributed by atoms with van der Waals surface area (Å²) in [7, 11) is 0. The van der Waals surface area contributed by atoms with Crippen molar-refractivity contribution in [2.45, 2.75) is 32.4 Å². The Labute approximate surface area is 176 Å². The number of halogens is 3. The smallest absolute Gasteiger partial charge is 0.277 e. The fourth-order valence-corrected chi connectivity index (χ4v) is 3.74. The molecule has 2 aromatic carbocycles. The Kier molecular flexibility index (Phi) is 5.08. The minimum atomic E-state index is -0.859. The number of nitrogens with zero attached hydrogens (tertiary/aromatic N) is 1. The lowest BCUT2D eigenvalue weighted by Crippen LogP contribution is -2.35. The summed E-state index contributed by atoms with van der Waals surface area (Å²) in [6.45, 7) is 3.47. The van der Waals surface area contributed by atoms with E-state index < -0.39 is 29.0 Å². The Morgan fingerprint density at radius 2 is 1.74 bits per heavy atom. The first kappa shape index (κ1) is 20.7. The summed E-state index contributed by atoms with van der Waals surface area (Å²) in [5.74, 6) is -1.88. The van der Waals surface area contributed by atoms with Gasteiger partial charge in [0.1, 0.15) is 17.4 Å². The molecule has 3 aromatic rings. The van der Waals surface area contributed by atoms with Crippen molar-refractivity contribution >= 4 is 17.5 Å². The van der Waals surface area contributed by atoms with E-state index in [0.29, 0.717) is 16.8 Å². The molecule has 0 saturated heterocycles. The van der Waals surface area contributed by atoms with Gasteiger partial charge >= 0.3 is 0 Å². The average molecular weight is 428 g/mol. The highest BCUT2D eigenvalue weighted by atomic mass is 19.1. The Hall–Kier alpha value is -3.55. The first-order chi connectivity index (χ1) is 14.6. The van der Waals surface area contributed by atoms with Crippen LogP contribution in [-0.2, 0) is 23.3 Å². The van der Waals surface area contributed by atoms with Gasteiger partial charge in [-0.15, -0.1) is 0 Å². The number of carbonyl (C=O) groups excluding carboxylic acids is 2. The van der Waals surface area contributed by atoms with Gasteiger partial charge in [0.05, 0.1) is 18.5 Å². The Morgan fingerprint density at radius 3 is 2.39 bits per heavy atom. The Balaban J connectivity index is 1.62. The molecule has 0 radical (unpaired) electrons. The van der Waals surface area contributed by atoms with Crippen molar-refractivity contribution in [2.75, 3.05) is 4.90 Å². The van der Waals surface area contributed by atoms with Gasteiger partial charge < -0.3 is 14.6 Å². The summed E-state index contributed by atoms with van der Waals surface area (Å²) in [5, 5.41) is 2.63. The molecule has 1 aromatic heterocycles. The third-order valence-electron chi connectivity index (χ3n) is 5.32. The summed E-state index contributed by atoms with van der Waals surface area (Å²) in [5.41, 5.74) is 0.924. The van der Waals surface area contributed by atoms with Crippen LogP contribution in [0, 0.1) is 17.6 Å². The number of rotatable bonds is 5. The predicted molar refractivity (Wildman–Crippen MR) is 107 cm³/mol. The fourth-order valence-electron chi connectivity index (χ4n) is 3.74. The fraction of sp³-hybridized carbons (Fsp3) is 0.217. The van der Waals surface area contributed by atoms with Crippen LogP contribution in [0.25, 0.3) is 0 Å². The third kappa shape index (κ3) is 3.93. The predicted octanol–water partition coefficient (Wildman–Crippen LogP) is 4.45. The van der Waals surface area contributed by atoms with Gasteiger partial charge in [0.15, 0.2) is 0 Å². The van der Waals surface area contributed by atoms with Crippen molar-refractivity contribution in [1.82, 2.24) is 5.32 Å². The van der Waals surface area contributed by atoms with Crippen LogP contribution < -0.4 is 10.2 Å². The molecule has 0 fully saturated rings. The molecule has 0 aliphatic carbocycles. The second-order valence-electron chi connectivity index (χ2n) is 7.91. The molecule has 5 nitrogen and oxygen atoms in total. The zero-order chi connectivity index (χ0) is 22.3. The molecule has 2 heterocycles. The van der Waals surface area contributed by atoms with Crippen LogP contribution in [0.5, 0.6) is 0 Å². The van der Waals surface area contributed by atoms with Crippen LogP contribution in [-0.4, -0.2) is 11.8 Å². The van der Waals surface area contributed by atoms with E-state index in [1.165, 1.54) is 23.1 Å². The van der Waals surface area contributed by atoms with Crippen LogP contribution >= 0.6 is 0 Å². The molecule has 1 N–H and O–H groups in total. The van der Waals surface area contributed by atoms with Crippen molar-refractivity contribution in [3.63, 3.8) is 0 Å². The largest absolute Gasteiger partial charge is 0.434 e. The minimum absolute atomic E-state index is 0.00343. The van der Waals surface area contributed by atoms with Gasteiger partial charge in [-0.3, -0.25) is 9.59 Å². The third-order valence-corrected chi connectivity index (χ3v) is 5.32. The van der Waals surface area contributed by atoms with Crippen molar-refractivity contribution in [2.24, 2.45) is 0 Å². The zero-order valence-corrected chi connectivity index (χ0v) is 16.8. The second kappa shape index (κ2) is 7.61. The molecule has 0 bridgehead atoms. The van der Waals surface area contributed by atoms with Crippen molar-refractivity contribution in [3.8, 4) is 0 Å². The number of furan rings is 1. The van der Waals surface area contributed by atoms with Crippen molar-refractivity contribution in [3.05, 3.63) is 88.6 Å². The Morgan fingerprint density at radius 1 is 1.03 bits per heavy atom. The molecular formula is C23H19F3N2O3. The van der Waals surface area contributed by atoms with Gasteiger partial charge in [0.2, 0.25) is 5.91 Å². The lowest BCUT2D eigenvalue weighted by Gasteiger charge is -2.20. The number of anilines is 1. The number of nitrogens with one attached hydrogen (secondary N) is 1. The molecule has 1 aliphatic heterocycles. The molecule has 1 aliphatic rings. The number of hydrogen-bond donors (Lipinski definition) is 1. The Bertz CT molecular complexity index is 1170. The maximum Gasteiger partial charge on any atom is 0.277 e. The molecule has 8 heteroatoms. The summed E-state index contributed by atoms with van der Waals surface area (Å²) < 4.78 is 45.0. The van der Waals surface area contributed by atoms with E-state index in [0.717, 1.165) is 12.1 Å². The zero-order valence-electron chi connectivity index (χ0n) is 16.8. The number of benzene rings is 2. The highest BCUT2D eigenvalue weighted by molar-refractivity contribution is 6.08. The molecule has 0 unspecified atom stereocenters. The molecule has 0 spiro atoms. The van der Waals surface area contributed by atoms with Gasteiger partial charge in [-0.25, -0.2) is 8.78 Å². The summed E-state index contributed by atoms with van der Waals surface area (Å²) in [6, 6.07) is 9.78. The van der Waals surface area contributed by atoms with E-state index in [-0.39, 0.29) is 30.3 Å². The van der Waals surface area contributed by atoms with E-state index in [1.54, 1.807) is 32.0 Å². The molecule has 160 valence electrons. The van der Waals surface area contributed by atoms with E-state index in [4.69, 9.17) is 4.42 Å². The minimum Gasteiger partial charge on any atom is -0.434 e. The van der Waals surface area contributed by atoms with Gasteiger partial charge in [0, 0.05) is 23.4 Å². The van der Waals surface area contributed by atoms with Crippen molar-refractivity contribution in [1.29, 1.82) is 0 Å². The monoisotopic (exact) mass is 428 g/mol. The second-order valence-corrected chi connectivity index (χ2v) is 7.91. The molecule has 4 rings (SSSR count). The highest BCUT2D eigenvalue weighted by Gasteiger charge is 2.44. The van der Waals surface area contributed by atoms with E-state index >= 15 is 0 Å². The van der Waals surface area contributed by atoms with E-state index in [1.807, 2.05) is 0 Å². The van der Waals surface area contributed by atoms with Crippen LogP contribution in [0.4, 0.5) is 18.9 Å². The average Bonchev–Trinajstić information content (AvgIpc) is 3.20. The number of amides is 2. The molecule has 31 heavy (non-hydrogen) atoms. The van der Waals surface area contributed by atoms with E-state index in [2.05, 4.69) is 5.32 Å². The molecule has 2 amide bonds.